The molecule has 0 aliphatic carbocycles. The second-order valence-electron chi connectivity index (χ2n) is 8.68. The molecule has 2 rings (SSSR count). The van der Waals surface area contributed by atoms with Crippen LogP contribution in [-0.4, -0.2) is 41.7 Å². The van der Waals surface area contributed by atoms with Gasteiger partial charge in [-0.25, -0.2) is 12.8 Å². The summed E-state index contributed by atoms with van der Waals surface area (Å²) in [5.74, 6) is -1.76. The second-order valence-corrected chi connectivity index (χ2v) is 15.7. The number of rotatable bonds is 9. The van der Waals surface area contributed by atoms with Crippen LogP contribution in [0.2, 0.25) is 19.6 Å². The second kappa shape index (κ2) is 10.9. The number of nitrogens with one attached hydrogen (secondary N) is 2. The van der Waals surface area contributed by atoms with Gasteiger partial charge in [-0.3, -0.25) is 9.59 Å². The third-order valence-corrected chi connectivity index (χ3v) is 7.34. The van der Waals surface area contributed by atoms with Gasteiger partial charge >= 0.3 is 0 Å². The molecule has 0 radical (unpaired) electrons. The highest BCUT2D eigenvalue weighted by atomic mass is 32.2. The molecule has 0 aliphatic heterocycles. The normalized spacial score (nSPS) is 13.0. The maximum absolute atomic E-state index is 14.6. The van der Waals surface area contributed by atoms with E-state index in [4.69, 9.17) is 4.74 Å². The first-order valence-electron chi connectivity index (χ1n) is 10.2. The van der Waals surface area contributed by atoms with Crippen LogP contribution in [0.3, 0.4) is 0 Å². The first-order valence-corrected chi connectivity index (χ1v) is 15.6. The molecule has 0 aromatic heterocycles. The largest absolute Gasteiger partial charge is 0.380 e. The molecule has 0 heterocycles. The number of carbonyl (C=O) groups is 2. The van der Waals surface area contributed by atoms with Crippen LogP contribution in [0, 0.1) is 5.82 Å². The number of hydrogen-bond acceptors (Lipinski definition) is 5. The number of halogens is 1. The lowest BCUT2D eigenvalue weighted by atomic mass is 10.0. The van der Waals surface area contributed by atoms with E-state index in [1.165, 1.54) is 6.07 Å². The summed E-state index contributed by atoms with van der Waals surface area (Å²) in [5, 5.41) is 6.54. The molecular formula is C23H29FN2O5SSi. The molecule has 2 aromatic carbocycles. The average Bonchev–Trinajstić information content (AvgIpc) is 2.70. The van der Waals surface area contributed by atoms with E-state index in [-0.39, 0.29) is 5.69 Å². The Labute approximate surface area is 195 Å². The topological polar surface area (TPSA) is 102 Å². The Kier molecular flexibility index (Phi) is 8.70. The van der Waals surface area contributed by atoms with Gasteiger partial charge in [-0.1, -0.05) is 50.0 Å². The van der Waals surface area contributed by atoms with Crippen molar-refractivity contribution in [3.05, 3.63) is 70.9 Å². The maximum atomic E-state index is 14.6. The van der Waals surface area contributed by atoms with E-state index in [9.17, 15) is 22.4 Å². The molecule has 0 saturated carbocycles. The van der Waals surface area contributed by atoms with Crippen LogP contribution in [-0.2, 0) is 30.8 Å². The fourth-order valence-electron chi connectivity index (χ4n) is 3.06. The Hall–Kier alpha value is -2.82. The highest BCUT2D eigenvalue weighted by Gasteiger charge is 2.24. The molecule has 33 heavy (non-hydrogen) atoms. The van der Waals surface area contributed by atoms with Gasteiger partial charge in [0.15, 0.2) is 9.84 Å². The third kappa shape index (κ3) is 8.23. The minimum Gasteiger partial charge on any atom is -0.380 e. The Balaban J connectivity index is 2.31. The standard InChI is InChI=1S/C23H29FN2O5SSi/c1-31-15-16-6-8-17(9-7-16)22(26-21(27)12-13-32(2,29)30)23(28)25-18-10-11-20(19(24)14-18)33(3,4)5/h6-14,22H,15H2,1-5H3,(H,25,28)(H,26,27)/t22-/m1/s1. The summed E-state index contributed by atoms with van der Waals surface area (Å²) in [7, 11) is -3.84. The highest BCUT2D eigenvalue weighted by molar-refractivity contribution is 7.93. The average molecular weight is 493 g/mol. The first kappa shape index (κ1) is 26.4. The SMILES string of the molecule is COCc1ccc([C@@H](NC(=O)C=CS(C)(=O)=O)C(=O)Nc2ccc([Si](C)(C)C)c(F)c2)cc1. The summed E-state index contributed by atoms with van der Waals surface area (Å²) in [5.41, 5.74) is 1.58. The molecule has 0 saturated heterocycles. The lowest BCUT2D eigenvalue weighted by Gasteiger charge is -2.20. The molecule has 0 fully saturated rings. The predicted octanol–water partition coefficient (Wildman–Crippen LogP) is 2.87. The van der Waals surface area contributed by atoms with Crippen molar-refractivity contribution in [1.82, 2.24) is 5.32 Å². The number of amides is 2. The summed E-state index contributed by atoms with van der Waals surface area (Å²) in [6.07, 6.45) is 1.80. The predicted molar refractivity (Wildman–Crippen MR) is 130 cm³/mol. The van der Waals surface area contributed by atoms with E-state index in [1.807, 2.05) is 19.6 Å². The number of ether oxygens (including phenoxy) is 1. The molecule has 0 aliphatic rings. The minimum absolute atomic E-state index is 0.251. The van der Waals surface area contributed by atoms with Crippen LogP contribution < -0.4 is 15.8 Å². The fraction of sp³-hybridized carbons (Fsp3) is 0.304. The minimum atomic E-state index is -3.52. The zero-order valence-electron chi connectivity index (χ0n) is 19.3. The number of hydrogen-bond donors (Lipinski definition) is 2. The van der Waals surface area contributed by atoms with Crippen LogP contribution in [0.25, 0.3) is 0 Å². The van der Waals surface area contributed by atoms with Crippen molar-refractivity contribution in [2.24, 2.45) is 0 Å². The molecule has 2 amide bonds. The van der Waals surface area contributed by atoms with Gasteiger partial charge < -0.3 is 15.4 Å². The molecular weight excluding hydrogens is 463 g/mol. The number of benzene rings is 2. The van der Waals surface area contributed by atoms with Crippen molar-refractivity contribution in [3.63, 3.8) is 0 Å². The van der Waals surface area contributed by atoms with Gasteiger partial charge in [0.1, 0.15) is 11.9 Å². The van der Waals surface area contributed by atoms with Gasteiger partial charge in [-0.05, 0) is 28.4 Å². The summed E-state index contributed by atoms with van der Waals surface area (Å²) in [6.45, 7) is 6.44. The van der Waals surface area contributed by atoms with Crippen molar-refractivity contribution < 1.29 is 27.1 Å². The number of carbonyl (C=O) groups excluding carboxylic acids is 2. The van der Waals surface area contributed by atoms with Gasteiger partial charge in [0.25, 0.3) is 5.91 Å². The van der Waals surface area contributed by atoms with E-state index in [1.54, 1.807) is 43.5 Å². The Morgan fingerprint density at radius 2 is 1.76 bits per heavy atom. The molecule has 178 valence electrons. The van der Waals surface area contributed by atoms with Crippen LogP contribution >= 0.6 is 0 Å². The van der Waals surface area contributed by atoms with Crippen molar-refractivity contribution in [2.75, 3.05) is 18.7 Å². The van der Waals surface area contributed by atoms with E-state index in [0.29, 0.717) is 17.4 Å². The van der Waals surface area contributed by atoms with Crippen LogP contribution in [0.5, 0.6) is 0 Å². The van der Waals surface area contributed by atoms with E-state index in [2.05, 4.69) is 10.6 Å². The van der Waals surface area contributed by atoms with Gasteiger partial charge in [-0.2, -0.15) is 0 Å². The number of sulfone groups is 1. The molecule has 7 nitrogen and oxygen atoms in total. The molecule has 2 aromatic rings. The van der Waals surface area contributed by atoms with Gasteiger partial charge in [0, 0.05) is 30.5 Å². The molecule has 0 bridgehead atoms. The summed E-state index contributed by atoms with van der Waals surface area (Å²) < 4.78 is 42.3. The van der Waals surface area contributed by atoms with E-state index >= 15 is 0 Å². The van der Waals surface area contributed by atoms with E-state index in [0.717, 1.165) is 23.3 Å². The summed E-state index contributed by atoms with van der Waals surface area (Å²) in [6, 6.07) is 10.2. The Morgan fingerprint density at radius 3 is 2.27 bits per heavy atom. The fourth-order valence-corrected chi connectivity index (χ4v) is 4.81. The quantitative estimate of drug-likeness (QED) is 0.414. The molecule has 2 N–H and O–H groups in total. The van der Waals surface area contributed by atoms with Crippen LogP contribution in [0.1, 0.15) is 17.2 Å². The van der Waals surface area contributed by atoms with Crippen LogP contribution in [0.15, 0.2) is 53.9 Å². The van der Waals surface area contributed by atoms with Crippen molar-refractivity contribution in [1.29, 1.82) is 0 Å². The Bertz CT molecular complexity index is 1140. The summed E-state index contributed by atoms with van der Waals surface area (Å²) >= 11 is 0. The lowest BCUT2D eigenvalue weighted by Crippen LogP contribution is -2.40. The molecule has 0 unspecified atom stereocenters. The third-order valence-electron chi connectivity index (χ3n) is 4.68. The van der Waals surface area contributed by atoms with Gasteiger partial charge in [0.05, 0.1) is 14.7 Å². The smallest absolute Gasteiger partial charge is 0.251 e. The van der Waals surface area contributed by atoms with Crippen molar-refractivity contribution in [3.8, 4) is 0 Å². The first-order chi connectivity index (χ1) is 15.3. The van der Waals surface area contributed by atoms with Crippen molar-refractivity contribution >= 4 is 40.6 Å². The van der Waals surface area contributed by atoms with Gasteiger partial charge in [-0.15, -0.1) is 0 Å². The number of anilines is 1. The molecule has 0 spiro atoms. The summed E-state index contributed by atoms with van der Waals surface area (Å²) in [4.78, 5) is 25.3. The Morgan fingerprint density at radius 1 is 1.12 bits per heavy atom. The van der Waals surface area contributed by atoms with Gasteiger partial charge in [0.2, 0.25) is 5.91 Å². The zero-order chi connectivity index (χ0) is 24.8. The maximum Gasteiger partial charge on any atom is 0.251 e. The van der Waals surface area contributed by atoms with E-state index < -0.39 is 41.6 Å². The zero-order valence-corrected chi connectivity index (χ0v) is 21.1. The monoisotopic (exact) mass is 492 g/mol. The lowest BCUT2D eigenvalue weighted by molar-refractivity contribution is -0.124. The number of methoxy groups -OCH3 is 1. The van der Waals surface area contributed by atoms with Crippen LogP contribution in [0.4, 0.5) is 10.1 Å². The highest BCUT2D eigenvalue weighted by Crippen LogP contribution is 2.19. The van der Waals surface area contributed by atoms with Crippen molar-refractivity contribution in [2.45, 2.75) is 32.3 Å². The molecule has 1 atom stereocenters. The molecule has 10 heteroatoms.